The minimum atomic E-state index is 0.686. The first-order valence-electron chi connectivity index (χ1n) is 5.74. The molecular weight excluding hydrogens is 221 g/mol. The van der Waals surface area contributed by atoms with Gasteiger partial charge in [0.25, 0.3) is 0 Å². The summed E-state index contributed by atoms with van der Waals surface area (Å²) in [7, 11) is 9.57. The van der Waals surface area contributed by atoms with E-state index >= 15 is 0 Å². The zero-order valence-electron chi connectivity index (χ0n) is 10.6. The molecule has 0 amide bonds. The number of nitrogens with zero attached hydrogens (tertiary/aromatic N) is 1. The number of hydrogen-bond acceptors (Lipinski definition) is 2. The Hall–Kier alpha value is -2.03. The summed E-state index contributed by atoms with van der Waals surface area (Å²) in [5.41, 5.74) is 4.34. The average Bonchev–Trinajstić information content (AvgIpc) is 2.39. The normalized spacial score (nSPS) is 10.1. The van der Waals surface area contributed by atoms with Crippen LogP contribution in [0.15, 0.2) is 42.5 Å². The minimum absolute atomic E-state index is 0.686. The Morgan fingerprint density at radius 3 is 2.28 bits per heavy atom. The van der Waals surface area contributed by atoms with Crippen molar-refractivity contribution in [1.82, 2.24) is 0 Å². The molecule has 0 spiro atoms. The lowest BCUT2D eigenvalue weighted by Crippen LogP contribution is -2.09. The third kappa shape index (κ3) is 2.45. The minimum Gasteiger partial charge on any atom is -0.378 e. The highest BCUT2D eigenvalue weighted by Gasteiger charge is 2.06. The largest absolute Gasteiger partial charge is 0.378 e. The molecule has 0 fully saturated rings. The summed E-state index contributed by atoms with van der Waals surface area (Å²) in [5, 5.41) is 0. The van der Waals surface area contributed by atoms with E-state index in [1.807, 2.05) is 61.5 Å². The van der Waals surface area contributed by atoms with Crippen molar-refractivity contribution < 1.29 is 4.79 Å². The molecule has 2 aromatic rings. The Kier molecular flexibility index (Phi) is 3.51. The van der Waals surface area contributed by atoms with Gasteiger partial charge in [0.05, 0.1) is 0 Å². The molecule has 2 radical (unpaired) electrons. The van der Waals surface area contributed by atoms with E-state index in [1.54, 1.807) is 0 Å². The van der Waals surface area contributed by atoms with Crippen molar-refractivity contribution in [2.24, 2.45) is 0 Å². The van der Waals surface area contributed by atoms with Gasteiger partial charge >= 0.3 is 0 Å². The fourth-order valence-electron chi connectivity index (χ4n) is 1.85. The first-order valence-corrected chi connectivity index (χ1v) is 5.74. The van der Waals surface area contributed by atoms with Crippen LogP contribution in [0.5, 0.6) is 0 Å². The van der Waals surface area contributed by atoms with Gasteiger partial charge in [-0.2, -0.15) is 0 Å². The van der Waals surface area contributed by atoms with Crippen LogP contribution in [0.25, 0.3) is 11.1 Å². The molecule has 2 aromatic carbocycles. The highest BCUT2D eigenvalue weighted by atomic mass is 16.1. The van der Waals surface area contributed by atoms with Crippen molar-refractivity contribution in [3.05, 3.63) is 48.0 Å². The fourth-order valence-corrected chi connectivity index (χ4v) is 1.85. The second-order valence-electron chi connectivity index (χ2n) is 4.41. The van der Waals surface area contributed by atoms with Gasteiger partial charge < -0.3 is 4.90 Å². The average molecular weight is 235 g/mol. The Morgan fingerprint density at radius 1 is 1.06 bits per heavy atom. The molecule has 0 aromatic heterocycles. The van der Waals surface area contributed by atoms with Crippen LogP contribution >= 0.6 is 0 Å². The van der Waals surface area contributed by atoms with E-state index in [2.05, 4.69) is 0 Å². The van der Waals surface area contributed by atoms with Crippen LogP contribution in [0.1, 0.15) is 10.4 Å². The Morgan fingerprint density at radius 2 is 1.72 bits per heavy atom. The van der Waals surface area contributed by atoms with Crippen LogP contribution in [0.3, 0.4) is 0 Å². The van der Waals surface area contributed by atoms with E-state index in [1.165, 1.54) is 0 Å². The predicted octanol–water partition coefficient (Wildman–Crippen LogP) is 2.03. The van der Waals surface area contributed by atoms with Crippen LogP contribution in [-0.4, -0.2) is 28.2 Å². The molecule has 0 saturated carbocycles. The summed E-state index contributed by atoms with van der Waals surface area (Å²) in [6, 6.07) is 13.4. The molecule has 0 unspecified atom stereocenters. The van der Waals surface area contributed by atoms with Crippen molar-refractivity contribution in [3.63, 3.8) is 0 Å². The molecular formula is C15H14BNO. The van der Waals surface area contributed by atoms with Crippen molar-refractivity contribution >= 4 is 25.3 Å². The maximum absolute atomic E-state index is 11.2. The van der Waals surface area contributed by atoms with Gasteiger partial charge in [-0.1, -0.05) is 35.8 Å². The van der Waals surface area contributed by atoms with E-state index in [4.69, 9.17) is 7.85 Å². The van der Waals surface area contributed by atoms with E-state index in [9.17, 15) is 4.79 Å². The summed E-state index contributed by atoms with van der Waals surface area (Å²) in [6.45, 7) is 0. The maximum Gasteiger partial charge on any atom is 0.150 e. The number of carbonyl (C=O) groups excluding carboxylic acids is 1. The molecule has 18 heavy (non-hydrogen) atoms. The molecule has 0 heterocycles. The first-order chi connectivity index (χ1) is 8.61. The summed E-state index contributed by atoms with van der Waals surface area (Å²) < 4.78 is 0. The van der Waals surface area contributed by atoms with Gasteiger partial charge in [-0.25, -0.2) is 0 Å². The molecule has 0 aliphatic carbocycles. The highest BCUT2D eigenvalue weighted by Crippen LogP contribution is 2.25. The van der Waals surface area contributed by atoms with Crippen LogP contribution in [0.4, 0.5) is 5.69 Å². The Balaban J connectivity index is 2.50. The first kappa shape index (κ1) is 12.4. The van der Waals surface area contributed by atoms with E-state index in [-0.39, 0.29) is 0 Å². The Labute approximate surface area is 109 Å². The number of carbonyl (C=O) groups is 1. The molecule has 0 aliphatic heterocycles. The molecule has 0 aliphatic rings. The van der Waals surface area contributed by atoms with Gasteiger partial charge in [0.1, 0.15) is 7.85 Å². The van der Waals surface area contributed by atoms with Crippen molar-refractivity contribution in [1.29, 1.82) is 0 Å². The third-order valence-electron chi connectivity index (χ3n) is 2.90. The third-order valence-corrected chi connectivity index (χ3v) is 2.90. The summed E-state index contributed by atoms with van der Waals surface area (Å²) in [6.07, 6.45) is 0.888. The second-order valence-corrected chi connectivity index (χ2v) is 4.41. The van der Waals surface area contributed by atoms with Crippen LogP contribution in [0.2, 0.25) is 0 Å². The monoisotopic (exact) mass is 235 g/mol. The molecule has 3 heteroatoms. The standard InChI is InChI=1S/C15H14BNO/c1-17(2)14-7-8-15(12(9-14)10-18)11-3-5-13(16)6-4-11/h3-10H,1-2H3. The number of benzene rings is 2. The number of anilines is 1. The van der Waals surface area contributed by atoms with Crippen molar-refractivity contribution in [3.8, 4) is 11.1 Å². The number of aldehydes is 1. The number of hydrogen-bond donors (Lipinski definition) is 0. The zero-order valence-corrected chi connectivity index (χ0v) is 10.6. The van der Waals surface area contributed by atoms with E-state index < -0.39 is 0 Å². The van der Waals surface area contributed by atoms with Gasteiger partial charge in [-0.05, 0) is 23.3 Å². The second kappa shape index (κ2) is 5.09. The molecule has 0 bridgehead atoms. The molecule has 0 saturated heterocycles. The molecule has 0 atom stereocenters. The summed E-state index contributed by atoms with van der Waals surface area (Å²) in [5.74, 6) is 0. The van der Waals surface area contributed by atoms with Crippen molar-refractivity contribution in [2.45, 2.75) is 0 Å². The quantitative estimate of drug-likeness (QED) is 0.599. The maximum atomic E-state index is 11.2. The highest BCUT2D eigenvalue weighted by molar-refractivity contribution is 6.32. The molecule has 0 N–H and O–H groups in total. The fraction of sp³-hybridized carbons (Fsp3) is 0.133. The van der Waals surface area contributed by atoms with Gasteiger partial charge in [0.15, 0.2) is 6.29 Å². The lowest BCUT2D eigenvalue weighted by molar-refractivity contribution is 0.112. The Bertz CT molecular complexity index is 561. The van der Waals surface area contributed by atoms with Crippen LogP contribution in [0, 0.1) is 0 Å². The number of rotatable bonds is 3. The molecule has 2 rings (SSSR count). The molecule has 2 nitrogen and oxygen atoms in total. The topological polar surface area (TPSA) is 20.3 Å². The van der Waals surface area contributed by atoms with Crippen LogP contribution < -0.4 is 10.4 Å². The van der Waals surface area contributed by atoms with E-state index in [0.717, 1.165) is 28.6 Å². The smallest absolute Gasteiger partial charge is 0.150 e. The van der Waals surface area contributed by atoms with E-state index in [0.29, 0.717) is 5.56 Å². The SMILES string of the molecule is [B]c1ccc(-c2ccc(N(C)C)cc2C=O)cc1. The lowest BCUT2D eigenvalue weighted by atomic mass is 9.92. The lowest BCUT2D eigenvalue weighted by Gasteiger charge is -2.14. The van der Waals surface area contributed by atoms with Crippen LogP contribution in [-0.2, 0) is 0 Å². The van der Waals surface area contributed by atoms with Gasteiger partial charge in [-0.15, -0.1) is 0 Å². The molecule has 88 valence electrons. The van der Waals surface area contributed by atoms with Crippen molar-refractivity contribution in [2.75, 3.05) is 19.0 Å². The summed E-state index contributed by atoms with van der Waals surface area (Å²) >= 11 is 0. The predicted molar refractivity (Wildman–Crippen MR) is 77.0 cm³/mol. The zero-order chi connectivity index (χ0) is 13.1. The van der Waals surface area contributed by atoms with Gasteiger partial charge in [0.2, 0.25) is 0 Å². The summed E-state index contributed by atoms with van der Waals surface area (Å²) in [4.78, 5) is 13.2. The van der Waals surface area contributed by atoms with Gasteiger partial charge in [-0.3, -0.25) is 4.79 Å². The van der Waals surface area contributed by atoms with Gasteiger partial charge in [0, 0.05) is 25.3 Å².